The van der Waals surface area contributed by atoms with Gasteiger partial charge in [0, 0.05) is 50.7 Å². The van der Waals surface area contributed by atoms with E-state index in [2.05, 4.69) is 49.3 Å². The predicted molar refractivity (Wildman–Crippen MR) is 189 cm³/mol. The van der Waals surface area contributed by atoms with Crippen molar-refractivity contribution in [2.24, 2.45) is 5.92 Å². The number of aryl methyl sites for hydroxylation is 1. The molecule has 3 heterocycles. The van der Waals surface area contributed by atoms with Crippen LogP contribution in [0.5, 0.6) is 0 Å². The Morgan fingerprint density at radius 3 is 2.31 bits per heavy atom. The second-order valence-corrected chi connectivity index (χ2v) is 13.9. The summed E-state index contributed by atoms with van der Waals surface area (Å²) in [5.41, 5.74) is 2.97. The normalized spacial score (nSPS) is 21.5. The van der Waals surface area contributed by atoms with Gasteiger partial charge >= 0.3 is 5.97 Å². The number of aromatic nitrogens is 1. The quantitative estimate of drug-likeness (QED) is 0.0416. The summed E-state index contributed by atoms with van der Waals surface area (Å²) in [4.78, 5) is 65.4. The zero-order chi connectivity index (χ0) is 36.9. The van der Waals surface area contributed by atoms with Gasteiger partial charge < -0.3 is 41.6 Å². The van der Waals surface area contributed by atoms with Crippen LogP contribution in [-0.4, -0.2) is 104 Å². The Balaban J connectivity index is 1.24. The van der Waals surface area contributed by atoms with E-state index in [9.17, 15) is 34.2 Å². The van der Waals surface area contributed by atoms with Crippen LogP contribution in [0.2, 0.25) is 0 Å². The van der Waals surface area contributed by atoms with Crippen LogP contribution in [0.4, 0.5) is 0 Å². The lowest BCUT2D eigenvalue weighted by Gasteiger charge is -2.24. The molecule has 2 unspecified atom stereocenters. The SMILES string of the molecule is CCCCCCCCCC(=O)NCC1N2C([C@H](C)C(=O)N[C@H](Cc3c[nH]c4c3C=CCC4)C(=O)NCC[C@@H](NC(=O)CCCC(=O)O)C(O)O)N12. The molecular weight excluding hydrogens is 658 g/mol. The van der Waals surface area contributed by atoms with Gasteiger partial charge in [-0.1, -0.05) is 64.5 Å². The van der Waals surface area contributed by atoms with E-state index >= 15 is 0 Å². The highest BCUT2D eigenvalue weighted by Gasteiger charge is 2.72. The molecule has 5 atom stereocenters. The molecule has 4 rings (SSSR count). The second kappa shape index (κ2) is 19.7. The maximum absolute atomic E-state index is 13.5. The molecule has 1 aromatic rings. The van der Waals surface area contributed by atoms with Crippen molar-refractivity contribution in [2.45, 2.75) is 141 Å². The molecule has 1 aromatic heterocycles. The highest BCUT2D eigenvalue weighted by atomic mass is 16.5. The number of allylic oxidation sites excluding steroid dienone is 1. The number of carbonyl (C=O) groups excluding carboxylic acids is 4. The van der Waals surface area contributed by atoms with Crippen molar-refractivity contribution < 1.29 is 39.3 Å². The summed E-state index contributed by atoms with van der Waals surface area (Å²) in [5, 5.41) is 43.6. The fraction of sp³-hybridized carbons (Fsp3) is 0.694. The number of amides is 4. The lowest BCUT2D eigenvalue weighted by Crippen LogP contribution is -2.52. The zero-order valence-corrected chi connectivity index (χ0v) is 30.0. The average Bonchev–Trinajstić information content (AvgIpc) is 3.97. The fourth-order valence-electron chi connectivity index (χ4n) is 6.77. The summed E-state index contributed by atoms with van der Waals surface area (Å²) >= 11 is 0. The number of aliphatic hydroxyl groups excluding tert-OH is 1. The van der Waals surface area contributed by atoms with Gasteiger partial charge in [-0.05, 0) is 43.2 Å². The number of hydrogen-bond acceptors (Lipinski definition) is 9. The van der Waals surface area contributed by atoms with Crippen LogP contribution in [0.3, 0.4) is 0 Å². The van der Waals surface area contributed by atoms with E-state index in [1.165, 1.54) is 32.1 Å². The van der Waals surface area contributed by atoms with Gasteiger partial charge in [0.1, 0.15) is 18.4 Å². The highest BCUT2D eigenvalue weighted by molar-refractivity contribution is 5.89. The summed E-state index contributed by atoms with van der Waals surface area (Å²) in [7, 11) is 0. The Kier molecular flexibility index (Phi) is 15.5. The van der Waals surface area contributed by atoms with Crippen molar-refractivity contribution in [2.75, 3.05) is 13.1 Å². The fourth-order valence-corrected chi connectivity index (χ4v) is 6.77. The Labute approximate surface area is 299 Å². The molecule has 0 aromatic carbocycles. The first-order valence-electron chi connectivity index (χ1n) is 18.7. The molecule has 0 spiro atoms. The van der Waals surface area contributed by atoms with Gasteiger partial charge in [-0.15, -0.1) is 0 Å². The summed E-state index contributed by atoms with van der Waals surface area (Å²) in [5.74, 6) is -2.68. The minimum atomic E-state index is -1.89. The molecule has 0 radical (unpaired) electrons. The largest absolute Gasteiger partial charge is 0.481 e. The van der Waals surface area contributed by atoms with Crippen molar-refractivity contribution in [1.82, 2.24) is 36.3 Å². The third-order valence-corrected chi connectivity index (χ3v) is 9.91. The van der Waals surface area contributed by atoms with Crippen molar-refractivity contribution >= 4 is 35.7 Å². The molecule has 1 aliphatic carbocycles. The van der Waals surface area contributed by atoms with Gasteiger partial charge in [-0.25, -0.2) is 0 Å². The van der Waals surface area contributed by atoms with E-state index < -0.39 is 42.1 Å². The molecule has 2 aliphatic heterocycles. The molecule has 8 N–H and O–H groups in total. The third-order valence-electron chi connectivity index (χ3n) is 9.91. The number of carboxylic acid groups (broad SMARTS) is 1. The summed E-state index contributed by atoms with van der Waals surface area (Å²) in [6.45, 7) is 4.50. The van der Waals surface area contributed by atoms with Crippen molar-refractivity contribution in [3.05, 3.63) is 29.1 Å². The molecule has 51 heavy (non-hydrogen) atoms. The van der Waals surface area contributed by atoms with E-state index in [0.29, 0.717) is 13.0 Å². The number of carboxylic acids is 1. The van der Waals surface area contributed by atoms with Gasteiger partial charge in [0.2, 0.25) is 23.6 Å². The number of carbonyl (C=O) groups is 5. The minimum Gasteiger partial charge on any atom is -0.481 e. The lowest BCUT2D eigenvalue weighted by molar-refractivity contribution is -0.137. The number of aliphatic hydroxyl groups is 2. The Morgan fingerprint density at radius 2 is 1.61 bits per heavy atom. The van der Waals surface area contributed by atoms with Crippen LogP contribution in [-0.2, 0) is 36.8 Å². The highest BCUT2D eigenvalue weighted by Crippen LogP contribution is 2.51. The molecule has 0 saturated carbocycles. The van der Waals surface area contributed by atoms with E-state index in [1.807, 2.05) is 19.2 Å². The molecule has 15 nitrogen and oxygen atoms in total. The molecule has 15 heteroatoms. The van der Waals surface area contributed by atoms with Crippen LogP contribution in [0.15, 0.2) is 12.3 Å². The maximum Gasteiger partial charge on any atom is 0.303 e. The lowest BCUT2D eigenvalue weighted by atomic mass is 9.97. The van der Waals surface area contributed by atoms with Crippen LogP contribution >= 0.6 is 0 Å². The minimum absolute atomic E-state index is 0.00357. The topological polar surface area (TPSA) is 216 Å². The Hall–Kier alpha value is -3.79. The van der Waals surface area contributed by atoms with Crippen LogP contribution < -0.4 is 21.3 Å². The second-order valence-electron chi connectivity index (χ2n) is 13.9. The van der Waals surface area contributed by atoms with E-state index in [1.54, 1.807) is 0 Å². The van der Waals surface area contributed by atoms with E-state index in [-0.39, 0.29) is 62.8 Å². The molecule has 2 saturated heterocycles. The first-order valence-corrected chi connectivity index (χ1v) is 18.7. The molecular formula is C36H57N7O8. The number of hydrogen-bond donors (Lipinski definition) is 8. The molecule has 3 aliphatic rings. The molecule has 4 amide bonds. The third kappa shape index (κ3) is 12.2. The van der Waals surface area contributed by atoms with Gasteiger partial charge in [0.25, 0.3) is 0 Å². The Morgan fingerprint density at radius 1 is 0.902 bits per heavy atom. The number of unbranched alkanes of at least 4 members (excludes halogenated alkanes) is 6. The number of aromatic amines is 1. The number of aliphatic carboxylic acids is 1. The Bertz CT molecular complexity index is 1370. The van der Waals surface area contributed by atoms with Crippen molar-refractivity contribution in [1.29, 1.82) is 0 Å². The van der Waals surface area contributed by atoms with Gasteiger partial charge in [0.15, 0.2) is 6.29 Å². The smallest absolute Gasteiger partial charge is 0.303 e. The van der Waals surface area contributed by atoms with Gasteiger partial charge in [-0.3, -0.25) is 24.0 Å². The van der Waals surface area contributed by atoms with Crippen molar-refractivity contribution in [3.63, 3.8) is 0 Å². The summed E-state index contributed by atoms with van der Waals surface area (Å²) < 4.78 is 0. The number of fused-ring (bicyclic) bond motifs is 2. The first-order chi connectivity index (χ1) is 24.5. The molecule has 2 fully saturated rings. The zero-order valence-electron chi connectivity index (χ0n) is 30.0. The van der Waals surface area contributed by atoms with E-state index in [0.717, 1.165) is 42.5 Å². The predicted octanol–water partition coefficient (Wildman–Crippen LogP) is 1.65. The molecule has 284 valence electrons. The summed E-state index contributed by atoms with van der Waals surface area (Å²) in [6, 6.07) is -2.00. The number of H-pyrrole nitrogens is 1. The van der Waals surface area contributed by atoms with Crippen LogP contribution in [0, 0.1) is 5.92 Å². The first kappa shape index (κ1) is 40.0. The van der Waals surface area contributed by atoms with Crippen molar-refractivity contribution in [3.8, 4) is 0 Å². The average molecular weight is 716 g/mol. The number of nitrogens with one attached hydrogen (secondary N) is 5. The standard InChI is InChI=1S/C36H57N7O8/c1-3-4-5-6-7-8-9-15-29(44)39-22-31-42-35(43(31)42)23(2)33(48)41-28(20-24-21-38-26-14-11-10-13-25(24)26)34(49)37-19-18-27(36(50)51)40-30(45)16-12-17-32(46)47/h10,13,21,23,27-28,31,35-36,38,50-51H,3-9,11-12,14-20,22H2,1-2H3,(H,37,49)(H,39,44)(H,40,45)(H,41,48)(H,46,47)/t23-,27-,28-,31?,35?,42?,43?/m1/s1. The maximum atomic E-state index is 13.5. The van der Waals surface area contributed by atoms with Crippen LogP contribution in [0.25, 0.3) is 6.08 Å². The van der Waals surface area contributed by atoms with Crippen LogP contribution in [0.1, 0.15) is 114 Å². The summed E-state index contributed by atoms with van der Waals surface area (Å²) in [6.07, 6.45) is 14.5. The monoisotopic (exact) mass is 715 g/mol. The number of nitrogens with zero attached hydrogens (tertiary/aromatic N) is 2. The van der Waals surface area contributed by atoms with Gasteiger partial charge in [-0.2, -0.15) is 10.0 Å². The van der Waals surface area contributed by atoms with E-state index in [4.69, 9.17) is 5.11 Å². The molecule has 0 bridgehead atoms. The van der Waals surface area contributed by atoms with Gasteiger partial charge in [0.05, 0.1) is 12.0 Å². The number of rotatable bonds is 25. The number of hydrazine groups is 1.